The molecule has 1 aliphatic rings. The van der Waals surface area contributed by atoms with Crippen molar-refractivity contribution in [3.63, 3.8) is 0 Å². The maximum Gasteiger partial charge on any atom is 0.167 e. The van der Waals surface area contributed by atoms with Gasteiger partial charge in [0.2, 0.25) is 0 Å². The number of Topliss-reactive ketones (excluding diaryl/α,β-unsaturated/α-hetero) is 2. The zero-order chi connectivity index (χ0) is 21.1. The number of rotatable bonds is 6. The van der Waals surface area contributed by atoms with Crippen molar-refractivity contribution < 1.29 is 14.3 Å². The average molecular weight is 402 g/mol. The van der Waals surface area contributed by atoms with Crippen molar-refractivity contribution in [3.05, 3.63) is 77.4 Å². The number of fused-ring (bicyclic) bond motifs is 1. The van der Waals surface area contributed by atoms with Crippen LogP contribution in [0.25, 0.3) is 10.8 Å². The first-order valence-electron chi connectivity index (χ1n) is 10.5. The molecule has 0 aliphatic carbocycles. The minimum Gasteiger partial charge on any atom is -0.497 e. The van der Waals surface area contributed by atoms with E-state index < -0.39 is 0 Å². The maximum atomic E-state index is 13.2. The molecule has 0 saturated carbocycles. The number of methoxy groups -OCH3 is 1. The summed E-state index contributed by atoms with van der Waals surface area (Å²) in [5, 5.41) is 2.12. The van der Waals surface area contributed by atoms with Crippen molar-refractivity contribution in [2.24, 2.45) is 5.92 Å². The highest BCUT2D eigenvalue weighted by molar-refractivity contribution is 6.01. The fourth-order valence-electron chi connectivity index (χ4n) is 4.30. The number of hydrogen-bond donors (Lipinski definition) is 0. The third kappa shape index (κ3) is 4.44. The predicted molar refractivity (Wildman–Crippen MR) is 119 cm³/mol. The van der Waals surface area contributed by atoms with Crippen LogP contribution in [0.5, 0.6) is 5.75 Å². The molecule has 1 aliphatic heterocycles. The molecule has 1 saturated heterocycles. The van der Waals surface area contributed by atoms with Crippen LogP contribution < -0.4 is 4.74 Å². The van der Waals surface area contributed by atoms with Gasteiger partial charge in [0.15, 0.2) is 11.6 Å². The van der Waals surface area contributed by atoms with E-state index in [4.69, 9.17) is 4.74 Å². The van der Waals surface area contributed by atoms with Crippen LogP contribution in [0.1, 0.15) is 46.0 Å². The van der Waals surface area contributed by atoms with Gasteiger partial charge in [-0.05, 0) is 66.9 Å². The van der Waals surface area contributed by atoms with Crippen LogP contribution in [-0.4, -0.2) is 36.7 Å². The van der Waals surface area contributed by atoms with Crippen molar-refractivity contribution >= 4 is 22.3 Å². The van der Waals surface area contributed by atoms with E-state index in [-0.39, 0.29) is 17.5 Å². The van der Waals surface area contributed by atoms with E-state index in [1.165, 1.54) is 0 Å². The van der Waals surface area contributed by atoms with E-state index >= 15 is 0 Å². The molecule has 0 bridgehead atoms. The Kier molecular flexibility index (Phi) is 5.96. The molecule has 154 valence electrons. The normalized spacial score (nSPS) is 17.1. The number of likely N-dealkylation sites (tertiary alicyclic amines) is 1. The summed E-state index contributed by atoms with van der Waals surface area (Å²) in [6.45, 7) is 4.09. The van der Waals surface area contributed by atoms with Gasteiger partial charge in [-0.25, -0.2) is 0 Å². The van der Waals surface area contributed by atoms with Crippen LogP contribution in [-0.2, 0) is 6.54 Å². The fourth-order valence-corrected chi connectivity index (χ4v) is 4.30. The van der Waals surface area contributed by atoms with Gasteiger partial charge in [0, 0.05) is 30.1 Å². The van der Waals surface area contributed by atoms with Gasteiger partial charge in [-0.15, -0.1) is 0 Å². The van der Waals surface area contributed by atoms with Gasteiger partial charge in [0.25, 0.3) is 0 Å². The van der Waals surface area contributed by atoms with E-state index in [0.29, 0.717) is 0 Å². The van der Waals surface area contributed by atoms with Crippen LogP contribution in [0.2, 0.25) is 0 Å². The zero-order valence-corrected chi connectivity index (χ0v) is 17.6. The Bertz CT molecular complexity index is 1090. The first-order valence-corrected chi connectivity index (χ1v) is 10.5. The lowest BCUT2D eigenvalue weighted by atomic mass is 9.89. The zero-order valence-electron chi connectivity index (χ0n) is 17.6. The minimum atomic E-state index is 0.00504. The lowest BCUT2D eigenvalue weighted by Crippen LogP contribution is -2.38. The third-order valence-corrected chi connectivity index (χ3v) is 5.95. The molecule has 0 amide bonds. The molecule has 1 fully saturated rings. The van der Waals surface area contributed by atoms with E-state index in [0.717, 1.165) is 65.7 Å². The van der Waals surface area contributed by atoms with Crippen molar-refractivity contribution in [3.8, 4) is 5.75 Å². The number of ketones is 2. The highest BCUT2D eigenvalue weighted by atomic mass is 16.5. The van der Waals surface area contributed by atoms with E-state index in [9.17, 15) is 9.59 Å². The molecule has 0 spiro atoms. The minimum absolute atomic E-state index is 0.00504. The Morgan fingerprint density at radius 3 is 2.60 bits per heavy atom. The van der Waals surface area contributed by atoms with Gasteiger partial charge in [-0.2, -0.15) is 0 Å². The predicted octanol–water partition coefficient (Wildman–Crippen LogP) is 5.15. The lowest BCUT2D eigenvalue weighted by Gasteiger charge is -2.32. The summed E-state index contributed by atoms with van der Waals surface area (Å²) in [7, 11) is 1.66. The third-order valence-electron chi connectivity index (χ3n) is 5.95. The molecule has 0 aromatic heterocycles. The molecule has 30 heavy (non-hydrogen) atoms. The van der Waals surface area contributed by atoms with Gasteiger partial charge in [-0.1, -0.05) is 36.4 Å². The molecule has 4 rings (SSSR count). The van der Waals surface area contributed by atoms with Crippen molar-refractivity contribution in [2.75, 3.05) is 20.2 Å². The summed E-state index contributed by atoms with van der Waals surface area (Å²) in [6, 6.07) is 19.6. The number of benzene rings is 3. The highest BCUT2D eigenvalue weighted by Crippen LogP contribution is 2.26. The molecule has 3 aromatic rings. The fraction of sp³-hybridized carbons (Fsp3) is 0.308. The molecule has 4 nitrogen and oxygen atoms in total. The summed E-state index contributed by atoms with van der Waals surface area (Å²) in [5.74, 6) is 1.12. The average Bonchev–Trinajstić information content (AvgIpc) is 2.78. The molecule has 4 heteroatoms. The molecular weight excluding hydrogens is 374 g/mol. The Hall–Kier alpha value is -2.98. The number of carbonyl (C=O) groups is 2. The number of hydrogen-bond acceptors (Lipinski definition) is 4. The quantitative estimate of drug-likeness (QED) is 0.536. The van der Waals surface area contributed by atoms with Gasteiger partial charge >= 0.3 is 0 Å². The van der Waals surface area contributed by atoms with Gasteiger partial charge in [0.05, 0.1) is 7.11 Å². The lowest BCUT2D eigenvalue weighted by molar-refractivity contribution is 0.0811. The molecule has 0 unspecified atom stereocenters. The second-order valence-electron chi connectivity index (χ2n) is 8.12. The van der Waals surface area contributed by atoms with E-state index in [1.807, 2.05) is 54.6 Å². The second-order valence-corrected chi connectivity index (χ2v) is 8.12. The largest absolute Gasteiger partial charge is 0.497 e. The van der Waals surface area contributed by atoms with Gasteiger partial charge in [0.1, 0.15) is 5.75 Å². The number of nitrogens with zero attached hydrogens (tertiary/aromatic N) is 1. The van der Waals surface area contributed by atoms with E-state index in [2.05, 4.69) is 11.0 Å². The summed E-state index contributed by atoms with van der Waals surface area (Å²) < 4.78 is 5.29. The number of ether oxygens (including phenoxy) is 1. The Balaban J connectivity index is 1.47. The van der Waals surface area contributed by atoms with Crippen LogP contribution in [0.4, 0.5) is 0 Å². The first kappa shape index (κ1) is 20.3. The van der Waals surface area contributed by atoms with Crippen LogP contribution in [0, 0.1) is 5.92 Å². The highest BCUT2D eigenvalue weighted by Gasteiger charge is 2.26. The Morgan fingerprint density at radius 2 is 1.80 bits per heavy atom. The Labute approximate surface area is 177 Å². The van der Waals surface area contributed by atoms with Crippen molar-refractivity contribution in [1.29, 1.82) is 0 Å². The smallest absolute Gasteiger partial charge is 0.167 e. The number of carbonyl (C=O) groups excluding carboxylic acids is 2. The second kappa shape index (κ2) is 8.80. The van der Waals surface area contributed by atoms with Gasteiger partial charge in [-0.3, -0.25) is 14.5 Å². The molecule has 1 heterocycles. The molecule has 3 aromatic carbocycles. The van der Waals surface area contributed by atoms with E-state index in [1.54, 1.807) is 14.0 Å². The maximum absolute atomic E-state index is 13.2. The number of piperidine rings is 1. The first-order chi connectivity index (χ1) is 14.5. The van der Waals surface area contributed by atoms with Crippen molar-refractivity contribution in [2.45, 2.75) is 26.3 Å². The monoisotopic (exact) mass is 401 g/mol. The Morgan fingerprint density at radius 1 is 1.00 bits per heavy atom. The SMILES string of the molecule is COc1ccc2cc(C(=O)[C@H]3CCCN(Cc4cccc(C(C)=O)c4)C3)ccc2c1. The van der Waals surface area contributed by atoms with Crippen molar-refractivity contribution in [1.82, 2.24) is 4.90 Å². The molecule has 0 radical (unpaired) electrons. The topological polar surface area (TPSA) is 46.6 Å². The summed E-state index contributed by atoms with van der Waals surface area (Å²) >= 11 is 0. The standard InChI is InChI=1S/C26H27NO3/c1-18(28)20-6-3-5-19(13-20)16-27-12-4-7-24(17-27)26(29)23-9-8-22-15-25(30-2)11-10-21(22)14-23/h3,5-6,8-11,13-15,24H,4,7,12,16-17H2,1-2H3/t24-/m0/s1. The summed E-state index contributed by atoms with van der Waals surface area (Å²) in [6.07, 6.45) is 1.93. The van der Waals surface area contributed by atoms with Crippen LogP contribution in [0.15, 0.2) is 60.7 Å². The van der Waals surface area contributed by atoms with Crippen LogP contribution >= 0.6 is 0 Å². The summed E-state index contributed by atoms with van der Waals surface area (Å²) in [5.41, 5.74) is 2.64. The molecule has 0 N–H and O–H groups in total. The summed E-state index contributed by atoms with van der Waals surface area (Å²) in [4.78, 5) is 27.2. The molecular formula is C26H27NO3. The van der Waals surface area contributed by atoms with Gasteiger partial charge < -0.3 is 4.74 Å². The molecule has 1 atom stereocenters. The van der Waals surface area contributed by atoms with Crippen LogP contribution in [0.3, 0.4) is 0 Å².